The number of amides is 1. The Balaban J connectivity index is 1.90. The van der Waals surface area contributed by atoms with Crippen LogP contribution in [0.4, 0.5) is 5.69 Å². The molecular formula is C17H24N2O3. The highest BCUT2D eigenvalue weighted by Crippen LogP contribution is 2.21. The number of rotatable bonds is 3. The first kappa shape index (κ1) is 16.3. The van der Waals surface area contributed by atoms with Crippen LogP contribution in [-0.4, -0.2) is 36.5 Å². The molecule has 5 heteroatoms. The Morgan fingerprint density at radius 1 is 1.27 bits per heavy atom. The number of carbonyl (C=O) groups is 2. The summed E-state index contributed by atoms with van der Waals surface area (Å²) in [4.78, 5) is 25.9. The number of nitrogens with two attached hydrogens (primary N) is 1. The molecule has 1 fully saturated rings. The van der Waals surface area contributed by atoms with Crippen molar-refractivity contribution in [1.82, 2.24) is 4.90 Å². The molecule has 1 aliphatic rings. The monoisotopic (exact) mass is 304 g/mol. The van der Waals surface area contributed by atoms with Crippen LogP contribution in [0.3, 0.4) is 0 Å². The number of esters is 1. The minimum Gasteiger partial charge on any atom is -0.452 e. The van der Waals surface area contributed by atoms with Gasteiger partial charge >= 0.3 is 5.97 Å². The average molecular weight is 304 g/mol. The summed E-state index contributed by atoms with van der Waals surface area (Å²) in [5.41, 5.74) is 7.60. The maximum Gasteiger partial charge on any atom is 0.338 e. The van der Waals surface area contributed by atoms with Gasteiger partial charge in [0.2, 0.25) is 0 Å². The summed E-state index contributed by atoms with van der Waals surface area (Å²) in [5, 5.41) is 0. The summed E-state index contributed by atoms with van der Waals surface area (Å²) in [6, 6.07) is 5.00. The van der Waals surface area contributed by atoms with Gasteiger partial charge in [0.05, 0.1) is 5.56 Å². The van der Waals surface area contributed by atoms with Gasteiger partial charge in [-0.2, -0.15) is 0 Å². The highest BCUT2D eigenvalue weighted by molar-refractivity contribution is 5.92. The molecule has 1 amide bonds. The molecule has 1 aromatic carbocycles. The summed E-state index contributed by atoms with van der Waals surface area (Å²) in [6.07, 6.45) is 1.13. The zero-order chi connectivity index (χ0) is 16.3. The lowest BCUT2D eigenvalue weighted by molar-refractivity contribution is -0.137. The van der Waals surface area contributed by atoms with Gasteiger partial charge in [-0.1, -0.05) is 19.9 Å². The first-order chi connectivity index (χ1) is 10.4. The van der Waals surface area contributed by atoms with Crippen molar-refractivity contribution < 1.29 is 14.3 Å². The van der Waals surface area contributed by atoms with Gasteiger partial charge in [-0.25, -0.2) is 4.79 Å². The first-order valence-electron chi connectivity index (χ1n) is 7.68. The van der Waals surface area contributed by atoms with Crippen molar-refractivity contribution in [1.29, 1.82) is 0 Å². The van der Waals surface area contributed by atoms with E-state index in [-0.39, 0.29) is 12.5 Å². The van der Waals surface area contributed by atoms with E-state index in [1.165, 1.54) is 0 Å². The third kappa shape index (κ3) is 4.00. The molecule has 0 saturated carbocycles. The first-order valence-corrected chi connectivity index (χ1v) is 7.68. The molecule has 1 aliphatic heterocycles. The lowest BCUT2D eigenvalue weighted by Gasteiger charge is -2.34. The topological polar surface area (TPSA) is 72.6 Å². The molecule has 2 atom stereocenters. The smallest absolute Gasteiger partial charge is 0.338 e. The molecule has 0 aliphatic carbocycles. The van der Waals surface area contributed by atoms with E-state index < -0.39 is 5.97 Å². The molecule has 2 N–H and O–H groups in total. The van der Waals surface area contributed by atoms with Gasteiger partial charge in [-0.3, -0.25) is 4.79 Å². The molecule has 1 saturated heterocycles. The van der Waals surface area contributed by atoms with Crippen LogP contribution in [0.2, 0.25) is 0 Å². The van der Waals surface area contributed by atoms with E-state index >= 15 is 0 Å². The van der Waals surface area contributed by atoms with Gasteiger partial charge in [0, 0.05) is 18.8 Å². The molecule has 0 bridgehead atoms. The summed E-state index contributed by atoms with van der Waals surface area (Å²) in [5.74, 6) is 0.325. The Kier molecular flexibility index (Phi) is 5.06. The lowest BCUT2D eigenvalue weighted by atomic mass is 9.92. The zero-order valence-corrected chi connectivity index (χ0v) is 13.5. The second-order valence-electron chi connectivity index (χ2n) is 6.39. The number of nitrogen functional groups attached to an aromatic ring is 1. The average Bonchev–Trinajstić information content (AvgIpc) is 2.46. The number of nitrogens with zero attached hydrogens (tertiary/aromatic N) is 1. The fraction of sp³-hybridized carbons (Fsp3) is 0.529. The molecular weight excluding hydrogens is 280 g/mol. The van der Waals surface area contributed by atoms with E-state index in [2.05, 4.69) is 13.8 Å². The molecule has 5 nitrogen and oxygen atoms in total. The van der Waals surface area contributed by atoms with E-state index in [1.54, 1.807) is 23.1 Å². The number of aryl methyl sites for hydroxylation is 1. The van der Waals surface area contributed by atoms with Crippen molar-refractivity contribution >= 4 is 17.6 Å². The number of benzene rings is 1. The van der Waals surface area contributed by atoms with Crippen LogP contribution in [0.1, 0.15) is 36.2 Å². The van der Waals surface area contributed by atoms with Gasteiger partial charge in [0.15, 0.2) is 6.61 Å². The van der Waals surface area contributed by atoms with Crippen molar-refractivity contribution in [2.75, 3.05) is 25.4 Å². The molecule has 0 spiro atoms. The summed E-state index contributed by atoms with van der Waals surface area (Å²) in [7, 11) is 0. The van der Waals surface area contributed by atoms with Crippen molar-refractivity contribution in [3.05, 3.63) is 29.3 Å². The highest BCUT2D eigenvalue weighted by Gasteiger charge is 2.26. The van der Waals surface area contributed by atoms with Crippen LogP contribution < -0.4 is 5.73 Å². The van der Waals surface area contributed by atoms with Gasteiger partial charge in [-0.15, -0.1) is 0 Å². The molecule has 1 aromatic rings. The highest BCUT2D eigenvalue weighted by atomic mass is 16.5. The van der Waals surface area contributed by atoms with E-state index in [9.17, 15) is 9.59 Å². The maximum atomic E-state index is 12.2. The zero-order valence-electron chi connectivity index (χ0n) is 13.5. The summed E-state index contributed by atoms with van der Waals surface area (Å²) >= 11 is 0. The van der Waals surface area contributed by atoms with Crippen LogP contribution >= 0.6 is 0 Å². The second kappa shape index (κ2) is 6.81. The molecule has 0 radical (unpaired) electrons. The molecule has 1 heterocycles. The molecule has 2 rings (SSSR count). The Morgan fingerprint density at radius 3 is 2.50 bits per heavy atom. The molecule has 2 unspecified atom stereocenters. The van der Waals surface area contributed by atoms with Crippen molar-refractivity contribution in [3.63, 3.8) is 0 Å². The fourth-order valence-electron chi connectivity index (χ4n) is 2.94. The third-order valence-electron chi connectivity index (χ3n) is 4.06. The largest absolute Gasteiger partial charge is 0.452 e. The molecule has 0 aromatic heterocycles. The number of likely N-dealkylation sites (tertiary alicyclic amines) is 1. The number of ether oxygens (including phenoxy) is 1. The van der Waals surface area contributed by atoms with Crippen molar-refractivity contribution in [2.45, 2.75) is 27.2 Å². The predicted octanol–water partition coefficient (Wildman–Crippen LogP) is 2.24. The Labute approximate surface area is 131 Å². The quantitative estimate of drug-likeness (QED) is 0.686. The standard InChI is InChI=1S/C17H24N2O3/c1-11-6-12(2)9-19(8-11)16(20)10-22-17(21)14-5-4-13(3)15(18)7-14/h4-5,7,11-12H,6,8-10,18H2,1-3H3. The Morgan fingerprint density at radius 2 is 1.91 bits per heavy atom. The Hall–Kier alpha value is -2.04. The van der Waals surface area contributed by atoms with E-state index in [0.717, 1.165) is 25.1 Å². The van der Waals surface area contributed by atoms with Crippen LogP contribution in [0.5, 0.6) is 0 Å². The van der Waals surface area contributed by atoms with E-state index in [4.69, 9.17) is 10.5 Å². The van der Waals surface area contributed by atoms with Gasteiger partial charge in [0.25, 0.3) is 5.91 Å². The van der Waals surface area contributed by atoms with Crippen LogP contribution in [0.15, 0.2) is 18.2 Å². The van der Waals surface area contributed by atoms with Gasteiger partial charge in [0.1, 0.15) is 0 Å². The molecule has 22 heavy (non-hydrogen) atoms. The minimum absolute atomic E-state index is 0.133. The lowest BCUT2D eigenvalue weighted by Crippen LogP contribution is -2.44. The number of carbonyl (C=O) groups excluding carboxylic acids is 2. The van der Waals surface area contributed by atoms with E-state index in [0.29, 0.717) is 23.1 Å². The number of hydrogen-bond donors (Lipinski definition) is 1. The van der Waals surface area contributed by atoms with Crippen LogP contribution in [0, 0.1) is 18.8 Å². The summed E-state index contributed by atoms with van der Waals surface area (Å²) in [6.45, 7) is 7.39. The predicted molar refractivity (Wildman–Crippen MR) is 85.4 cm³/mol. The van der Waals surface area contributed by atoms with Crippen LogP contribution in [-0.2, 0) is 9.53 Å². The Bertz CT molecular complexity index is 561. The van der Waals surface area contributed by atoms with Crippen molar-refractivity contribution in [2.24, 2.45) is 11.8 Å². The van der Waals surface area contributed by atoms with Gasteiger partial charge < -0.3 is 15.4 Å². The third-order valence-corrected chi connectivity index (χ3v) is 4.06. The molecule has 120 valence electrons. The normalized spacial score (nSPS) is 21.5. The summed E-state index contributed by atoms with van der Waals surface area (Å²) < 4.78 is 5.12. The van der Waals surface area contributed by atoms with E-state index in [1.807, 2.05) is 6.92 Å². The number of anilines is 1. The number of piperidine rings is 1. The van der Waals surface area contributed by atoms with Crippen LogP contribution in [0.25, 0.3) is 0 Å². The second-order valence-corrected chi connectivity index (χ2v) is 6.39. The minimum atomic E-state index is -0.516. The maximum absolute atomic E-state index is 12.2. The SMILES string of the molecule is Cc1ccc(C(=O)OCC(=O)N2CC(C)CC(C)C2)cc1N. The number of hydrogen-bond acceptors (Lipinski definition) is 4. The van der Waals surface area contributed by atoms with Gasteiger partial charge in [-0.05, 0) is 42.9 Å². The fourth-order valence-corrected chi connectivity index (χ4v) is 2.94. The van der Waals surface area contributed by atoms with Crippen molar-refractivity contribution in [3.8, 4) is 0 Å².